The average molecular weight is 310 g/mol. The molecule has 1 aromatic carbocycles. The Morgan fingerprint density at radius 1 is 1.40 bits per heavy atom. The first-order chi connectivity index (χ1) is 9.23. The highest BCUT2D eigenvalue weighted by atomic mass is 35.5. The largest absolute Gasteiger partial charge is 0.478 e. The molecule has 0 fully saturated rings. The Kier molecular flexibility index (Phi) is 5.83. The highest BCUT2D eigenvalue weighted by Gasteiger charge is 2.30. The molecule has 0 unspecified atom stereocenters. The lowest BCUT2D eigenvalue weighted by Gasteiger charge is -2.23. The maximum Gasteiger partial charge on any atom is 0.401 e. The van der Waals surface area contributed by atoms with Crippen molar-refractivity contribution < 1.29 is 23.1 Å². The van der Waals surface area contributed by atoms with Crippen molar-refractivity contribution in [2.24, 2.45) is 0 Å². The molecule has 0 aliphatic carbocycles. The zero-order valence-corrected chi connectivity index (χ0v) is 11.6. The molecule has 1 rings (SSSR count). The zero-order chi connectivity index (χ0) is 15.3. The highest BCUT2D eigenvalue weighted by molar-refractivity contribution is 6.31. The number of benzene rings is 1. The first-order valence-corrected chi connectivity index (χ1v) is 6.41. The highest BCUT2D eigenvalue weighted by Crippen LogP contribution is 2.23. The van der Waals surface area contributed by atoms with Gasteiger partial charge < -0.3 is 5.11 Å². The van der Waals surface area contributed by atoms with Crippen LogP contribution in [0.2, 0.25) is 5.02 Å². The van der Waals surface area contributed by atoms with E-state index in [0.717, 1.165) is 0 Å². The number of carbonyl (C=O) groups is 1. The molecule has 20 heavy (non-hydrogen) atoms. The van der Waals surface area contributed by atoms with Gasteiger partial charge in [0.15, 0.2) is 0 Å². The van der Waals surface area contributed by atoms with Crippen LogP contribution in [-0.2, 0) is 6.54 Å². The van der Waals surface area contributed by atoms with E-state index < -0.39 is 18.7 Å². The lowest BCUT2D eigenvalue weighted by atomic mass is 10.1. The Morgan fingerprint density at radius 3 is 2.50 bits per heavy atom. The monoisotopic (exact) mass is 309 g/mol. The third-order valence-corrected chi connectivity index (χ3v) is 2.99. The molecule has 0 aliphatic rings. The minimum atomic E-state index is -4.28. The number of carboxylic acid groups (broad SMARTS) is 1. The zero-order valence-electron chi connectivity index (χ0n) is 10.9. The van der Waals surface area contributed by atoms with Crippen LogP contribution in [0.4, 0.5) is 13.2 Å². The van der Waals surface area contributed by atoms with Gasteiger partial charge in [0, 0.05) is 11.6 Å². The van der Waals surface area contributed by atoms with E-state index >= 15 is 0 Å². The molecule has 0 spiro atoms. The van der Waals surface area contributed by atoms with E-state index in [-0.39, 0.29) is 23.7 Å². The summed E-state index contributed by atoms with van der Waals surface area (Å²) in [5.41, 5.74) is 0.492. The molecule has 0 amide bonds. The van der Waals surface area contributed by atoms with Crippen molar-refractivity contribution in [3.05, 3.63) is 34.3 Å². The van der Waals surface area contributed by atoms with Crippen LogP contribution in [0.25, 0.3) is 0 Å². The van der Waals surface area contributed by atoms with Crippen molar-refractivity contribution in [2.45, 2.75) is 26.1 Å². The topological polar surface area (TPSA) is 40.5 Å². The van der Waals surface area contributed by atoms with Crippen LogP contribution in [0.5, 0.6) is 0 Å². The van der Waals surface area contributed by atoms with Gasteiger partial charge in [0.05, 0.1) is 12.1 Å². The molecule has 7 heteroatoms. The van der Waals surface area contributed by atoms with Crippen molar-refractivity contribution in [3.63, 3.8) is 0 Å². The van der Waals surface area contributed by atoms with E-state index in [1.807, 2.05) is 0 Å². The van der Waals surface area contributed by atoms with Gasteiger partial charge in [-0.1, -0.05) is 24.6 Å². The van der Waals surface area contributed by atoms with E-state index in [1.165, 1.54) is 23.1 Å². The van der Waals surface area contributed by atoms with Gasteiger partial charge in [0.1, 0.15) is 0 Å². The summed E-state index contributed by atoms with van der Waals surface area (Å²) in [6.07, 6.45) is -3.69. The number of hydrogen-bond donors (Lipinski definition) is 1. The Bertz CT molecular complexity index is 477. The van der Waals surface area contributed by atoms with E-state index in [0.29, 0.717) is 12.0 Å². The second-order valence-corrected chi connectivity index (χ2v) is 4.84. The molecule has 0 saturated heterocycles. The molecule has 112 valence electrons. The number of carboxylic acids is 1. The first-order valence-electron chi connectivity index (χ1n) is 6.03. The fraction of sp³-hybridized carbons (Fsp3) is 0.462. The number of nitrogens with zero attached hydrogens (tertiary/aromatic N) is 1. The minimum Gasteiger partial charge on any atom is -0.478 e. The fourth-order valence-electron chi connectivity index (χ4n) is 1.83. The molecule has 0 bridgehead atoms. The van der Waals surface area contributed by atoms with Crippen molar-refractivity contribution in [2.75, 3.05) is 13.1 Å². The number of halogens is 4. The molecular weight excluding hydrogens is 295 g/mol. The molecule has 1 aromatic rings. The molecular formula is C13H15ClF3NO2. The van der Waals surface area contributed by atoms with Gasteiger partial charge in [-0.15, -0.1) is 0 Å². The van der Waals surface area contributed by atoms with Crippen LogP contribution in [0, 0.1) is 0 Å². The van der Waals surface area contributed by atoms with Gasteiger partial charge in [0.2, 0.25) is 0 Å². The van der Waals surface area contributed by atoms with E-state index in [2.05, 4.69) is 0 Å². The summed E-state index contributed by atoms with van der Waals surface area (Å²) >= 11 is 5.92. The van der Waals surface area contributed by atoms with Crippen LogP contribution >= 0.6 is 11.6 Å². The third kappa shape index (κ3) is 5.38. The van der Waals surface area contributed by atoms with Crippen molar-refractivity contribution in [3.8, 4) is 0 Å². The predicted octanol–water partition coefficient (Wildman–Crippen LogP) is 3.81. The number of alkyl halides is 3. The second kappa shape index (κ2) is 6.95. The number of hydrogen-bond acceptors (Lipinski definition) is 2. The maximum atomic E-state index is 12.4. The Morgan fingerprint density at radius 2 is 2.05 bits per heavy atom. The summed E-state index contributed by atoms with van der Waals surface area (Å²) in [5.74, 6) is -1.13. The SMILES string of the molecule is CCCN(Cc1ccc(C(=O)O)cc1Cl)CC(F)(F)F. The van der Waals surface area contributed by atoms with Crippen molar-refractivity contribution >= 4 is 17.6 Å². The van der Waals surface area contributed by atoms with Gasteiger partial charge in [0.25, 0.3) is 0 Å². The van der Waals surface area contributed by atoms with Gasteiger partial charge in [-0.3, -0.25) is 4.90 Å². The summed E-state index contributed by atoms with van der Waals surface area (Å²) in [7, 11) is 0. The van der Waals surface area contributed by atoms with Crippen molar-refractivity contribution in [1.82, 2.24) is 4.90 Å². The first kappa shape index (κ1) is 16.8. The lowest BCUT2D eigenvalue weighted by molar-refractivity contribution is -0.147. The summed E-state index contributed by atoms with van der Waals surface area (Å²) in [6, 6.07) is 4.03. The van der Waals surface area contributed by atoms with Gasteiger partial charge in [-0.05, 0) is 30.7 Å². The van der Waals surface area contributed by atoms with Crippen LogP contribution < -0.4 is 0 Å². The number of aromatic carboxylic acids is 1. The Labute approximate surface area is 120 Å². The average Bonchev–Trinajstić information content (AvgIpc) is 2.29. The molecule has 0 aliphatic heterocycles. The molecule has 0 aromatic heterocycles. The molecule has 0 saturated carbocycles. The predicted molar refractivity (Wildman–Crippen MR) is 70.0 cm³/mol. The number of rotatable bonds is 6. The summed E-state index contributed by atoms with van der Waals surface area (Å²) in [4.78, 5) is 12.0. The molecule has 3 nitrogen and oxygen atoms in total. The minimum absolute atomic E-state index is 0.0108. The van der Waals surface area contributed by atoms with Crippen LogP contribution in [0.15, 0.2) is 18.2 Å². The summed E-state index contributed by atoms with van der Waals surface area (Å²) < 4.78 is 37.3. The van der Waals surface area contributed by atoms with Gasteiger partial charge >= 0.3 is 12.1 Å². The molecule has 0 radical (unpaired) electrons. The van der Waals surface area contributed by atoms with Crippen LogP contribution in [0.3, 0.4) is 0 Å². The summed E-state index contributed by atoms with van der Waals surface area (Å²) in [6.45, 7) is 1.10. The van der Waals surface area contributed by atoms with Gasteiger partial charge in [-0.2, -0.15) is 13.2 Å². The van der Waals surface area contributed by atoms with Crippen LogP contribution in [-0.4, -0.2) is 35.2 Å². The van der Waals surface area contributed by atoms with E-state index in [4.69, 9.17) is 16.7 Å². The van der Waals surface area contributed by atoms with E-state index in [9.17, 15) is 18.0 Å². The third-order valence-electron chi connectivity index (χ3n) is 2.64. The Hall–Kier alpha value is -1.27. The quantitative estimate of drug-likeness (QED) is 0.868. The molecule has 0 atom stereocenters. The summed E-state index contributed by atoms with van der Waals surface area (Å²) in [5, 5.41) is 8.96. The van der Waals surface area contributed by atoms with E-state index in [1.54, 1.807) is 6.92 Å². The smallest absolute Gasteiger partial charge is 0.401 e. The van der Waals surface area contributed by atoms with Gasteiger partial charge in [-0.25, -0.2) is 4.79 Å². The van der Waals surface area contributed by atoms with Crippen molar-refractivity contribution in [1.29, 1.82) is 0 Å². The lowest BCUT2D eigenvalue weighted by Crippen LogP contribution is -2.34. The standard InChI is InChI=1S/C13H15ClF3NO2/c1-2-5-18(8-13(15,16)17)7-10-4-3-9(12(19)20)6-11(10)14/h3-4,6H,2,5,7-8H2,1H3,(H,19,20). The maximum absolute atomic E-state index is 12.4. The van der Waals surface area contributed by atoms with Crippen LogP contribution in [0.1, 0.15) is 29.3 Å². The molecule has 1 N–H and O–H groups in total. The Balaban J connectivity index is 2.85. The fourth-order valence-corrected chi connectivity index (χ4v) is 2.07. The normalized spacial score (nSPS) is 11.9. The molecule has 0 heterocycles. The second-order valence-electron chi connectivity index (χ2n) is 4.44.